The molecule has 3 aromatic rings. The van der Waals surface area contributed by atoms with Crippen molar-refractivity contribution in [3.63, 3.8) is 0 Å². The quantitative estimate of drug-likeness (QED) is 0.478. The number of benzene rings is 2. The number of hydrogen-bond donors (Lipinski definition) is 0. The lowest BCUT2D eigenvalue weighted by Crippen LogP contribution is -2.31. The van der Waals surface area contributed by atoms with Crippen molar-refractivity contribution in [3.05, 3.63) is 59.8 Å². The number of carbonyl (C=O) groups excluding carboxylic acids is 2. The van der Waals surface area contributed by atoms with Gasteiger partial charge in [0.2, 0.25) is 0 Å². The number of Topliss-reactive ketones (excluding diaryl/α,β-unsaturated/α-hetero) is 1. The Morgan fingerprint density at radius 2 is 1.74 bits per heavy atom. The summed E-state index contributed by atoms with van der Waals surface area (Å²) in [6.07, 6.45) is 1.54. The zero-order valence-corrected chi connectivity index (χ0v) is 15.7. The van der Waals surface area contributed by atoms with Crippen LogP contribution in [0.25, 0.3) is 22.0 Å². The van der Waals surface area contributed by atoms with E-state index in [4.69, 9.17) is 9.72 Å². The molecule has 4 rings (SSSR count). The molecule has 136 valence electrons. The second-order valence-electron chi connectivity index (χ2n) is 7.69. The molecule has 27 heavy (non-hydrogen) atoms. The minimum atomic E-state index is -0.374. The van der Waals surface area contributed by atoms with Gasteiger partial charge in [0.25, 0.3) is 0 Å². The van der Waals surface area contributed by atoms with Gasteiger partial charge >= 0.3 is 5.97 Å². The molecular formula is C23H21NO3. The number of fused-ring (bicyclic) bond motifs is 2. The molecule has 0 saturated heterocycles. The van der Waals surface area contributed by atoms with Crippen molar-refractivity contribution in [2.24, 2.45) is 5.41 Å². The molecule has 0 saturated carbocycles. The lowest BCUT2D eigenvalue weighted by atomic mass is 9.75. The van der Waals surface area contributed by atoms with E-state index in [9.17, 15) is 9.59 Å². The molecule has 2 aromatic carbocycles. The van der Waals surface area contributed by atoms with Crippen LogP contribution in [0.4, 0.5) is 0 Å². The number of pyridine rings is 1. The predicted octanol–water partition coefficient (Wildman–Crippen LogP) is 4.98. The Kier molecular flexibility index (Phi) is 4.06. The van der Waals surface area contributed by atoms with Crippen LogP contribution in [0.2, 0.25) is 0 Å². The summed E-state index contributed by atoms with van der Waals surface area (Å²) in [4.78, 5) is 29.0. The van der Waals surface area contributed by atoms with Crippen LogP contribution in [-0.2, 0) is 11.2 Å². The highest BCUT2D eigenvalue weighted by Gasteiger charge is 2.35. The van der Waals surface area contributed by atoms with Gasteiger partial charge in [-0.3, -0.25) is 14.6 Å². The maximum Gasteiger partial charge on any atom is 0.308 e. The average Bonchev–Trinajstić information content (AvgIpc) is 2.64. The highest BCUT2D eigenvalue weighted by molar-refractivity contribution is 6.02. The fourth-order valence-electron chi connectivity index (χ4n) is 3.62. The van der Waals surface area contributed by atoms with Crippen LogP contribution in [-0.4, -0.2) is 16.7 Å². The summed E-state index contributed by atoms with van der Waals surface area (Å²) in [6.45, 7) is 5.35. The predicted molar refractivity (Wildman–Crippen MR) is 105 cm³/mol. The van der Waals surface area contributed by atoms with Crippen LogP contribution in [0.5, 0.6) is 5.75 Å². The molecule has 0 spiro atoms. The van der Waals surface area contributed by atoms with E-state index in [1.807, 2.05) is 62.4 Å². The van der Waals surface area contributed by atoms with Gasteiger partial charge in [-0.2, -0.15) is 0 Å². The van der Waals surface area contributed by atoms with Gasteiger partial charge in [0, 0.05) is 23.5 Å². The van der Waals surface area contributed by atoms with E-state index >= 15 is 0 Å². The van der Waals surface area contributed by atoms with E-state index in [2.05, 4.69) is 0 Å². The molecule has 1 aromatic heterocycles. The van der Waals surface area contributed by atoms with E-state index in [-0.39, 0.29) is 17.2 Å². The lowest BCUT2D eigenvalue weighted by Gasteiger charge is -2.29. The van der Waals surface area contributed by atoms with E-state index in [0.717, 1.165) is 34.9 Å². The van der Waals surface area contributed by atoms with Crippen molar-refractivity contribution in [3.8, 4) is 17.0 Å². The number of ketones is 1. The first-order valence-electron chi connectivity index (χ1n) is 9.11. The van der Waals surface area contributed by atoms with Crippen LogP contribution in [0.1, 0.15) is 43.2 Å². The van der Waals surface area contributed by atoms with Gasteiger partial charge in [0.15, 0.2) is 5.78 Å². The highest BCUT2D eigenvalue weighted by atomic mass is 16.5. The zero-order valence-electron chi connectivity index (χ0n) is 15.7. The molecule has 0 N–H and O–H groups in total. The van der Waals surface area contributed by atoms with Gasteiger partial charge in [-0.05, 0) is 47.9 Å². The number of nitrogens with zero attached hydrogens (tertiary/aromatic N) is 1. The first-order chi connectivity index (χ1) is 12.8. The Balaban J connectivity index is 1.87. The van der Waals surface area contributed by atoms with Gasteiger partial charge in [-0.1, -0.05) is 38.1 Å². The molecule has 0 fully saturated rings. The number of esters is 1. The molecule has 0 bridgehead atoms. The molecule has 0 atom stereocenters. The number of rotatable bonds is 2. The standard InChI is InChI=1S/C23H21NO3/c1-14(25)27-21-13-16-7-5-4-6-15(16)12-18(21)19-9-8-17-20(24-19)10-11-23(2,3)22(17)26/h4-9,12-13H,10-11H2,1-3H3. The fraction of sp³-hybridized carbons (Fsp3) is 0.261. The first kappa shape index (κ1) is 17.4. The monoisotopic (exact) mass is 359 g/mol. The summed E-state index contributed by atoms with van der Waals surface area (Å²) in [7, 11) is 0. The lowest BCUT2D eigenvalue weighted by molar-refractivity contribution is -0.131. The molecule has 1 aliphatic rings. The van der Waals surface area contributed by atoms with Gasteiger partial charge in [0.05, 0.1) is 11.4 Å². The summed E-state index contributed by atoms with van der Waals surface area (Å²) in [5.74, 6) is 0.249. The largest absolute Gasteiger partial charge is 0.426 e. The number of hydrogen-bond acceptors (Lipinski definition) is 4. The fourth-order valence-corrected chi connectivity index (χ4v) is 3.62. The van der Waals surface area contributed by atoms with E-state index in [1.54, 1.807) is 0 Å². The molecule has 4 nitrogen and oxygen atoms in total. The Morgan fingerprint density at radius 3 is 2.44 bits per heavy atom. The highest BCUT2D eigenvalue weighted by Crippen LogP contribution is 2.37. The summed E-state index contributed by atoms with van der Waals surface area (Å²) in [5.41, 5.74) is 2.64. The molecule has 1 aliphatic carbocycles. The number of carbonyl (C=O) groups is 2. The molecule has 0 amide bonds. The molecule has 4 heteroatoms. The Bertz CT molecular complexity index is 1080. The average molecular weight is 359 g/mol. The number of ether oxygens (including phenoxy) is 1. The van der Waals surface area contributed by atoms with Crippen molar-refractivity contribution in [2.45, 2.75) is 33.6 Å². The third-order valence-corrected chi connectivity index (χ3v) is 5.20. The van der Waals surface area contributed by atoms with Crippen molar-refractivity contribution < 1.29 is 14.3 Å². The van der Waals surface area contributed by atoms with Gasteiger partial charge in [-0.15, -0.1) is 0 Å². The maximum absolute atomic E-state index is 12.7. The third-order valence-electron chi connectivity index (χ3n) is 5.20. The molecule has 0 unspecified atom stereocenters. The topological polar surface area (TPSA) is 56.3 Å². The van der Waals surface area contributed by atoms with Crippen LogP contribution < -0.4 is 4.74 Å². The summed E-state index contributed by atoms with van der Waals surface area (Å²) >= 11 is 0. The second kappa shape index (κ2) is 6.31. The van der Waals surface area contributed by atoms with Crippen LogP contribution in [0.3, 0.4) is 0 Å². The smallest absolute Gasteiger partial charge is 0.308 e. The number of aromatic nitrogens is 1. The normalized spacial score (nSPS) is 15.4. The Hall–Kier alpha value is -3.01. The molecule has 0 aliphatic heterocycles. The van der Waals surface area contributed by atoms with Crippen molar-refractivity contribution in [1.29, 1.82) is 0 Å². The van der Waals surface area contributed by atoms with E-state index in [0.29, 0.717) is 17.0 Å². The maximum atomic E-state index is 12.7. The van der Waals surface area contributed by atoms with Crippen LogP contribution in [0, 0.1) is 5.41 Å². The minimum Gasteiger partial charge on any atom is -0.426 e. The van der Waals surface area contributed by atoms with Crippen molar-refractivity contribution in [2.75, 3.05) is 0 Å². The van der Waals surface area contributed by atoms with E-state index in [1.165, 1.54) is 6.92 Å². The molecular weight excluding hydrogens is 338 g/mol. The molecule has 1 heterocycles. The number of aryl methyl sites for hydroxylation is 1. The minimum absolute atomic E-state index is 0.140. The van der Waals surface area contributed by atoms with Crippen LogP contribution in [0.15, 0.2) is 48.5 Å². The van der Waals surface area contributed by atoms with Crippen molar-refractivity contribution in [1.82, 2.24) is 4.98 Å². The zero-order chi connectivity index (χ0) is 19.2. The molecule has 0 radical (unpaired) electrons. The Morgan fingerprint density at radius 1 is 1.04 bits per heavy atom. The summed E-state index contributed by atoms with van der Waals surface area (Å²) in [6, 6.07) is 15.5. The van der Waals surface area contributed by atoms with Crippen molar-refractivity contribution >= 4 is 22.5 Å². The third kappa shape index (κ3) is 3.12. The van der Waals surface area contributed by atoms with Gasteiger partial charge in [0.1, 0.15) is 5.75 Å². The summed E-state index contributed by atoms with van der Waals surface area (Å²) in [5, 5.41) is 2.03. The second-order valence-corrected chi connectivity index (χ2v) is 7.69. The SMILES string of the molecule is CC(=O)Oc1cc2ccccc2cc1-c1ccc2c(n1)CCC(C)(C)C2=O. The van der Waals surface area contributed by atoms with E-state index < -0.39 is 0 Å². The Labute approximate surface area is 158 Å². The van der Waals surface area contributed by atoms with Gasteiger partial charge in [-0.25, -0.2) is 0 Å². The first-order valence-corrected chi connectivity index (χ1v) is 9.11. The summed E-state index contributed by atoms with van der Waals surface area (Å²) < 4.78 is 5.46. The van der Waals surface area contributed by atoms with Gasteiger partial charge < -0.3 is 4.74 Å². The van der Waals surface area contributed by atoms with Crippen LogP contribution >= 0.6 is 0 Å².